The number of rotatable bonds is 3. The quantitative estimate of drug-likeness (QED) is 0.546. The second-order valence-corrected chi connectivity index (χ2v) is 6.47. The van der Waals surface area contributed by atoms with Crippen molar-refractivity contribution in [1.82, 2.24) is 15.0 Å². The molecule has 26 heavy (non-hydrogen) atoms. The summed E-state index contributed by atoms with van der Waals surface area (Å²) in [4.78, 5) is 16.5. The second-order valence-electron chi connectivity index (χ2n) is 6.47. The predicted molar refractivity (Wildman–Crippen MR) is 102 cm³/mol. The Bertz CT molecular complexity index is 1040. The van der Waals surface area contributed by atoms with Gasteiger partial charge in [-0.1, -0.05) is 48.5 Å². The number of nitrogens with zero attached hydrogens (tertiary/aromatic N) is 4. The van der Waals surface area contributed by atoms with Gasteiger partial charge < -0.3 is 9.32 Å². The van der Waals surface area contributed by atoms with Gasteiger partial charge in [-0.25, -0.2) is 9.97 Å². The van der Waals surface area contributed by atoms with E-state index in [1.54, 1.807) is 0 Å². The van der Waals surface area contributed by atoms with E-state index in [0.717, 1.165) is 30.0 Å². The van der Waals surface area contributed by atoms with Crippen LogP contribution in [-0.2, 0) is 0 Å². The smallest absolute Gasteiger partial charge is 0.229 e. The number of hydrogen-bond donors (Lipinski definition) is 0. The molecule has 1 aliphatic heterocycles. The van der Waals surface area contributed by atoms with Crippen LogP contribution < -0.4 is 4.90 Å². The molecular weight excluding hydrogens is 324 g/mol. The first-order valence-corrected chi connectivity index (χ1v) is 8.93. The zero-order valence-corrected chi connectivity index (χ0v) is 14.3. The fraction of sp³-hybridized carbons (Fsp3) is 0.190. The molecule has 0 radical (unpaired) electrons. The Morgan fingerprint density at radius 3 is 2.08 bits per heavy atom. The zero-order chi connectivity index (χ0) is 17.3. The molecule has 2 aromatic heterocycles. The minimum atomic E-state index is 0.584. The fourth-order valence-electron chi connectivity index (χ4n) is 3.37. The molecule has 1 fully saturated rings. The summed E-state index contributed by atoms with van der Waals surface area (Å²) in [5.74, 6) is 2.12. The monoisotopic (exact) mass is 342 g/mol. The lowest BCUT2D eigenvalue weighted by atomic mass is 10.2. The van der Waals surface area contributed by atoms with Crippen LogP contribution in [0.5, 0.6) is 0 Å². The Balaban J connectivity index is 1.71. The highest BCUT2D eigenvalue weighted by atomic mass is 16.4. The Morgan fingerprint density at radius 1 is 0.731 bits per heavy atom. The van der Waals surface area contributed by atoms with Crippen LogP contribution in [0.1, 0.15) is 12.8 Å². The zero-order valence-electron chi connectivity index (χ0n) is 14.3. The number of anilines is 1. The third kappa shape index (κ3) is 2.62. The molecule has 3 heterocycles. The minimum absolute atomic E-state index is 0.584. The molecule has 0 unspecified atom stereocenters. The van der Waals surface area contributed by atoms with E-state index in [9.17, 15) is 0 Å². The summed E-state index contributed by atoms with van der Waals surface area (Å²) in [7, 11) is 0. The van der Waals surface area contributed by atoms with Gasteiger partial charge in [-0.2, -0.15) is 4.98 Å². The molecule has 128 valence electrons. The third-order valence-electron chi connectivity index (χ3n) is 4.69. The first kappa shape index (κ1) is 15.1. The van der Waals surface area contributed by atoms with E-state index in [1.165, 1.54) is 12.8 Å². The summed E-state index contributed by atoms with van der Waals surface area (Å²) in [6, 6.07) is 20.0. The van der Waals surface area contributed by atoms with E-state index in [2.05, 4.69) is 14.9 Å². The average Bonchev–Trinajstić information content (AvgIpc) is 3.38. The van der Waals surface area contributed by atoms with Gasteiger partial charge in [0.05, 0.1) is 0 Å². The number of fused-ring (bicyclic) bond motifs is 1. The van der Waals surface area contributed by atoms with Crippen LogP contribution in [0.2, 0.25) is 0 Å². The van der Waals surface area contributed by atoms with E-state index >= 15 is 0 Å². The molecule has 5 rings (SSSR count). The third-order valence-corrected chi connectivity index (χ3v) is 4.69. The van der Waals surface area contributed by atoms with Gasteiger partial charge in [0.25, 0.3) is 0 Å². The normalized spacial score (nSPS) is 14.2. The molecule has 5 heteroatoms. The van der Waals surface area contributed by atoms with Crippen molar-refractivity contribution in [3.63, 3.8) is 0 Å². The van der Waals surface area contributed by atoms with Gasteiger partial charge in [-0.05, 0) is 25.0 Å². The second kappa shape index (κ2) is 6.26. The Morgan fingerprint density at radius 2 is 1.38 bits per heavy atom. The van der Waals surface area contributed by atoms with Crippen molar-refractivity contribution in [1.29, 1.82) is 0 Å². The number of oxazole rings is 1. The molecule has 1 saturated heterocycles. The van der Waals surface area contributed by atoms with Crippen molar-refractivity contribution in [3.8, 4) is 22.8 Å². The first-order valence-electron chi connectivity index (χ1n) is 8.93. The van der Waals surface area contributed by atoms with Crippen LogP contribution >= 0.6 is 0 Å². The van der Waals surface area contributed by atoms with Crippen LogP contribution in [0.15, 0.2) is 65.1 Å². The average molecular weight is 342 g/mol. The first-order chi connectivity index (χ1) is 12.9. The SMILES string of the molecule is c1ccc(-c2nc(N3CCCC3)c3oc(-c4ccccc4)nc3n2)cc1. The van der Waals surface area contributed by atoms with E-state index < -0.39 is 0 Å². The molecule has 4 aromatic rings. The van der Waals surface area contributed by atoms with Crippen molar-refractivity contribution in [3.05, 3.63) is 60.7 Å². The van der Waals surface area contributed by atoms with Crippen molar-refractivity contribution in [2.24, 2.45) is 0 Å². The maximum absolute atomic E-state index is 6.11. The number of benzene rings is 2. The Labute approximate surface area is 151 Å². The highest BCUT2D eigenvalue weighted by Crippen LogP contribution is 2.32. The summed E-state index contributed by atoms with van der Waals surface area (Å²) >= 11 is 0. The highest BCUT2D eigenvalue weighted by Gasteiger charge is 2.23. The molecule has 5 nitrogen and oxygen atoms in total. The standard InChI is InChI=1S/C21H18N4O/c1-3-9-15(10-4-1)18-22-19-17(20(23-18)25-13-7-8-14-25)26-21(24-19)16-11-5-2-6-12-16/h1-6,9-12H,7-8,13-14H2. The van der Waals surface area contributed by atoms with Gasteiger partial charge in [0.1, 0.15) is 0 Å². The van der Waals surface area contributed by atoms with Crippen LogP contribution in [0.4, 0.5) is 5.82 Å². The topological polar surface area (TPSA) is 55.1 Å². The van der Waals surface area contributed by atoms with E-state index in [0.29, 0.717) is 22.9 Å². The summed E-state index contributed by atoms with van der Waals surface area (Å²) in [6.07, 6.45) is 2.34. The molecule has 0 atom stereocenters. The molecule has 0 N–H and O–H groups in total. The molecule has 1 aliphatic rings. The van der Waals surface area contributed by atoms with Gasteiger partial charge in [-0.3, -0.25) is 0 Å². The summed E-state index contributed by atoms with van der Waals surface area (Å²) in [5.41, 5.74) is 3.21. The lowest BCUT2D eigenvalue weighted by Crippen LogP contribution is -2.19. The van der Waals surface area contributed by atoms with Gasteiger partial charge in [-0.15, -0.1) is 0 Å². The van der Waals surface area contributed by atoms with Crippen LogP contribution in [0.25, 0.3) is 34.1 Å². The molecule has 0 bridgehead atoms. The Kier molecular flexibility index (Phi) is 3.63. The van der Waals surface area contributed by atoms with Crippen molar-refractivity contribution in [2.75, 3.05) is 18.0 Å². The highest BCUT2D eigenvalue weighted by molar-refractivity contribution is 5.85. The molecule has 0 saturated carbocycles. The largest absolute Gasteiger partial charge is 0.430 e. The molecule has 0 spiro atoms. The summed E-state index contributed by atoms with van der Waals surface area (Å²) < 4.78 is 6.11. The number of aromatic nitrogens is 3. The van der Waals surface area contributed by atoms with E-state index in [-0.39, 0.29) is 0 Å². The van der Waals surface area contributed by atoms with Crippen LogP contribution in [0.3, 0.4) is 0 Å². The molecule has 2 aromatic carbocycles. The minimum Gasteiger partial charge on any atom is -0.430 e. The van der Waals surface area contributed by atoms with Gasteiger partial charge >= 0.3 is 0 Å². The van der Waals surface area contributed by atoms with Gasteiger partial charge in [0.15, 0.2) is 11.6 Å². The molecule has 0 aliphatic carbocycles. The Hall–Kier alpha value is -3.21. The molecular formula is C21H18N4O. The van der Waals surface area contributed by atoms with Crippen LogP contribution in [0, 0.1) is 0 Å². The number of hydrogen-bond acceptors (Lipinski definition) is 5. The van der Waals surface area contributed by atoms with Crippen LogP contribution in [-0.4, -0.2) is 28.0 Å². The maximum atomic E-state index is 6.11. The lowest BCUT2D eigenvalue weighted by molar-refractivity contribution is 0.616. The summed E-state index contributed by atoms with van der Waals surface area (Å²) in [6.45, 7) is 1.98. The van der Waals surface area contributed by atoms with Crippen molar-refractivity contribution >= 4 is 17.0 Å². The maximum Gasteiger partial charge on any atom is 0.229 e. The van der Waals surface area contributed by atoms with E-state index in [1.807, 2.05) is 60.7 Å². The molecule has 0 amide bonds. The van der Waals surface area contributed by atoms with Gasteiger partial charge in [0, 0.05) is 24.2 Å². The lowest BCUT2D eigenvalue weighted by Gasteiger charge is -2.16. The van der Waals surface area contributed by atoms with Gasteiger partial charge in [0.2, 0.25) is 17.1 Å². The summed E-state index contributed by atoms with van der Waals surface area (Å²) in [5, 5.41) is 0. The fourth-order valence-corrected chi connectivity index (χ4v) is 3.37. The van der Waals surface area contributed by atoms with Crippen molar-refractivity contribution < 1.29 is 4.42 Å². The van der Waals surface area contributed by atoms with E-state index in [4.69, 9.17) is 9.40 Å². The van der Waals surface area contributed by atoms with Crippen molar-refractivity contribution in [2.45, 2.75) is 12.8 Å². The predicted octanol–water partition coefficient (Wildman–Crippen LogP) is 4.55.